The summed E-state index contributed by atoms with van der Waals surface area (Å²) in [7, 11) is 0. The fourth-order valence-corrected chi connectivity index (χ4v) is 6.20. The van der Waals surface area contributed by atoms with Gasteiger partial charge in [0.05, 0.1) is 0 Å². The van der Waals surface area contributed by atoms with E-state index in [0.717, 1.165) is 25.3 Å². The van der Waals surface area contributed by atoms with Crippen LogP contribution >= 0.6 is 0 Å². The minimum atomic E-state index is -1.46. The van der Waals surface area contributed by atoms with Crippen molar-refractivity contribution in [3.8, 4) is 0 Å². The maximum atomic E-state index is 14.7. The number of carbonyl (C=O) groups is 1. The van der Waals surface area contributed by atoms with E-state index in [9.17, 15) is 18.0 Å². The number of likely N-dealkylation sites (tertiary alicyclic amines) is 1. The van der Waals surface area contributed by atoms with Crippen LogP contribution in [0.15, 0.2) is 12.1 Å². The number of hydrogen-bond acceptors (Lipinski definition) is 5. The van der Waals surface area contributed by atoms with Crippen LogP contribution in [0.1, 0.15) is 70.7 Å². The first-order chi connectivity index (χ1) is 17.1. The molecule has 3 unspecified atom stereocenters. The number of ether oxygens (including phenoxy) is 1. The van der Waals surface area contributed by atoms with Crippen LogP contribution in [-0.2, 0) is 11.3 Å². The number of carbonyl (C=O) groups excluding carboxylic acids is 1. The van der Waals surface area contributed by atoms with Crippen molar-refractivity contribution in [2.45, 2.75) is 77.5 Å². The minimum Gasteiger partial charge on any atom is -0.444 e. The topological polar surface area (TPSA) is 72.3 Å². The Morgan fingerprint density at radius 2 is 1.89 bits per heavy atom. The third-order valence-corrected chi connectivity index (χ3v) is 7.87. The van der Waals surface area contributed by atoms with E-state index in [0.29, 0.717) is 49.7 Å². The number of nitrogens with one attached hydrogen (secondary N) is 1. The molecule has 7 nitrogen and oxygen atoms in total. The van der Waals surface area contributed by atoms with Gasteiger partial charge in [0.25, 0.3) is 0 Å². The second-order valence-electron chi connectivity index (χ2n) is 11.3. The molecule has 1 saturated heterocycles. The molecule has 2 aromatic rings. The van der Waals surface area contributed by atoms with E-state index < -0.39 is 29.0 Å². The Bertz CT molecular complexity index is 1150. The highest BCUT2D eigenvalue weighted by molar-refractivity contribution is 5.68. The molecule has 0 radical (unpaired) electrons. The van der Waals surface area contributed by atoms with Crippen molar-refractivity contribution in [2.24, 2.45) is 17.8 Å². The van der Waals surface area contributed by atoms with E-state index in [2.05, 4.69) is 17.3 Å². The van der Waals surface area contributed by atoms with Crippen molar-refractivity contribution in [3.63, 3.8) is 0 Å². The second kappa shape index (κ2) is 9.27. The number of nitrogens with zero attached hydrogens (tertiary/aromatic N) is 4. The molecular weight excluding hydrogens is 471 g/mol. The zero-order chi connectivity index (χ0) is 25.8. The maximum Gasteiger partial charge on any atom is 0.410 e. The number of amides is 1. The van der Waals surface area contributed by atoms with E-state index in [-0.39, 0.29) is 23.6 Å². The lowest BCUT2D eigenvalue weighted by atomic mass is 9.61. The first-order valence-electron chi connectivity index (χ1n) is 12.9. The van der Waals surface area contributed by atoms with Crippen LogP contribution in [0.5, 0.6) is 0 Å². The van der Waals surface area contributed by atoms with Gasteiger partial charge in [-0.3, -0.25) is 0 Å². The van der Waals surface area contributed by atoms with Crippen LogP contribution in [0.2, 0.25) is 0 Å². The van der Waals surface area contributed by atoms with Crippen LogP contribution in [0.25, 0.3) is 0 Å². The number of benzene rings is 1. The van der Waals surface area contributed by atoms with E-state index in [1.165, 1.54) is 6.07 Å². The molecule has 0 spiro atoms. The van der Waals surface area contributed by atoms with Gasteiger partial charge >= 0.3 is 6.09 Å². The molecule has 1 aliphatic carbocycles. The molecule has 2 fully saturated rings. The summed E-state index contributed by atoms with van der Waals surface area (Å²) in [6.45, 7) is 9.66. The Kier molecular flexibility index (Phi) is 6.41. The molecule has 10 heteroatoms. The molecule has 3 aliphatic rings. The predicted molar refractivity (Wildman–Crippen MR) is 128 cm³/mol. The number of fused-ring (bicyclic) bond motifs is 2. The maximum absolute atomic E-state index is 14.7. The number of aryl methyl sites for hydroxylation is 1. The predicted octanol–water partition coefficient (Wildman–Crippen LogP) is 5.31. The third-order valence-electron chi connectivity index (χ3n) is 7.87. The minimum absolute atomic E-state index is 0.106. The first-order valence-corrected chi connectivity index (χ1v) is 12.9. The third kappa shape index (κ3) is 4.43. The van der Waals surface area contributed by atoms with Gasteiger partial charge in [0.1, 0.15) is 11.4 Å². The smallest absolute Gasteiger partial charge is 0.410 e. The summed E-state index contributed by atoms with van der Waals surface area (Å²) in [5.74, 6) is -2.27. The van der Waals surface area contributed by atoms with Gasteiger partial charge in [-0.1, -0.05) is 25.8 Å². The second-order valence-corrected chi connectivity index (χ2v) is 11.3. The highest BCUT2D eigenvalue weighted by Gasteiger charge is 2.55. The van der Waals surface area contributed by atoms with Gasteiger partial charge in [-0.2, -0.15) is 4.98 Å². The number of aromatic nitrogens is 3. The van der Waals surface area contributed by atoms with E-state index >= 15 is 0 Å². The Morgan fingerprint density at radius 3 is 2.61 bits per heavy atom. The van der Waals surface area contributed by atoms with Crippen LogP contribution in [0, 0.1) is 35.2 Å². The van der Waals surface area contributed by atoms with Crippen molar-refractivity contribution in [2.75, 3.05) is 18.4 Å². The molecule has 36 heavy (non-hydrogen) atoms. The lowest BCUT2D eigenvalue weighted by molar-refractivity contribution is 0.0287. The summed E-state index contributed by atoms with van der Waals surface area (Å²) in [6, 6.07) is 2.39. The molecule has 1 aromatic heterocycles. The van der Waals surface area contributed by atoms with Crippen molar-refractivity contribution in [1.29, 1.82) is 0 Å². The zero-order valence-electron chi connectivity index (χ0n) is 21.2. The van der Waals surface area contributed by atoms with Crippen molar-refractivity contribution >= 4 is 12.0 Å². The number of halogens is 3. The summed E-state index contributed by atoms with van der Waals surface area (Å²) in [5.41, 5.74) is -0.433. The number of anilines is 1. The summed E-state index contributed by atoms with van der Waals surface area (Å²) >= 11 is 0. The lowest BCUT2D eigenvalue weighted by Crippen LogP contribution is -2.54. The molecule has 0 bridgehead atoms. The molecule has 1 amide bonds. The monoisotopic (exact) mass is 505 g/mol. The molecule has 5 atom stereocenters. The van der Waals surface area contributed by atoms with Gasteiger partial charge in [0.15, 0.2) is 17.5 Å². The van der Waals surface area contributed by atoms with Gasteiger partial charge in [-0.05, 0) is 51.5 Å². The SMILES string of the molecule is CCC1C2CN(C(=O)OC(C)(C)C)C[C@H]2[C@@H]1Nc1nc2n(n1)CCCCC2c1ccc(F)c(F)c1F. The number of hydrogen-bond donors (Lipinski definition) is 1. The van der Waals surface area contributed by atoms with Crippen molar-refractivity contribution in [1.82, 2.24) is 19.7 Å². The Hall–Kier alpha value is -2.78. The van der Waals surface area contributed by atoms with Crippen LogP contribution in [0.3, 0.4) is 0 Å². The highest BCUT2D eigenvalue weighted by Crippen LogP contribution is 2.49. The summed E-state index contributed by atoms with van der Waals surface area (Å²) in [5, 5.41) is 8.16. The van der Waals surface area contributed by atoms with Crippen molar-refractivity contribution in [3.05, 3.63) is 41.0 Å². The fourth-order valence-electron chi connectivity index (χ4n) is 6.20. The molecule has 3 heterocycles. The van der Waals surface area contributed by atoms with E-state index in [1.54, 1.807) is 9.58 Å². The molecule has 1 N–H and O–H groups in total. The van der Waals surface area contributed by atoms with E-state index in [1.807, 2.05) is 20.8 Å². The van der Waals surface area contributed by atoms with Gasteiger partial charge in [0.2, 0.25) is 5.95 Å². The van der Waals surface area contributed by atoms with E-state index in [4.69, 9.17) is 9.72 Å². The molecule has 1 aromatic carbocycles. The summed E-state index contributed by atoms with van der Waals surface area (Å²) in [4.78, 5) is 19.1. The lowest BCUT2D eigenvalue weighted by Gasteiger charge is -2.47. The molecular formula is C26H34F3N5O2. The van der Waals surface area contributed by atoms with Gasteiger partial charge in [0, 0.05) is 43.1 Å². The Morgan fingerprint density at radius 1 is 1.14 bits per heavy atom. The quantitative estimate of drug-likeness (QED) is 0.570. The Balaban J connectivity index is 1.35. The Labute approximate surface area is 209 Å². The summed E-state index contributed by atoms with van der Waals surface area (Å²) in [6.07, 6.45) is 2.90. The van der Waals surface area contributed by atoms with Crippen LogP contribution in [-0.4, -0.2) is 50.5 Å². The average molecular weight is 506 g/mol. The standard InChI is InChI=1S/C26H34F3N5O2/c1-5-14-17-12-33(25(35)36-26(2,3)4)13-18(17)22(14)30-24-31-23-16(8-6-7-11-34(23)32-24)15-9-10-19(27)21(29)20(15)28/h9-10,14,16-18,22H,5-8,11-13H2,1-4H3,(H,30,32)/t14?,16?,17?,18-,22-/m1/s1. The molecule has 2 aliphatic heterocycles. The van der Waals surface area contributed by atoms with Gasteiger partial charge < -0.3 is 15.0 Å². The van der Waals surface area contributed by atoms with Crippen molar-refractivity contribution < 1.29 is 22.7 Å². The van der Waals surface area contributed by atoms with Crippen LogP contribution < -0.4 is 5.32 Å². The normalized spacial score (nSPS) is 27.6. The largest absolute Gasteiger partial charge is 0.444 e. The summed E-state index contributed by atoms with van der Waals surface area (Å²) < 4.78 is 49.5. The average Bonchev–Trinajstić information content (AvgIpc) is 3.33. The number of rotatable bonds is 4. The first kappa shape index (κ1) is 24.9. The zero-order valence-corrected chi connectivity index (χ0v) is 21.2. The molecule has 196 valence electrons. The molecule has 1 saturated carbocycles. The van der Waals surface area contributed by atoms with Crippen LogP contribution in [0.4, 0.5) is 23.9 Å². The highest BCUT2D eigenvalue weighted by atomic mass is 19.2. The fraction of sp³-hybridized carbons (Fsp3) is 0.654. The molecule has 5 rings (SSSR count). The van der Waals surface area contributed by atoms with Gasteiger partial charge in [-0.15, -0.1) is 5.10 Å². The van der Waals surface area contributed by atoms with Gasteiger partial charge in [-0.25, -0.2) is 22.6 Å².